The summed E-state index contributed by atoms with van der Waals surface area (Å²) in [6, 6.07) is 13.1. The molecule has 9 nitrogen and oxygen atoms in total. The van der Waals surface area contributed by atoms with Gasteiger partial charge in [0.2, 0.25) is 5.91 Å². The van der Waals surface area contributed by atoms with Crippen molar-refractivity contribution in [1.29, 1.82) is 0 Å². The minimum Gasteiger partial charge on any atom is -0.483 e. The number of carbonyl (C=O) groups excluding carboxylic acids is 1. The summed E-state index contributed by atoms with van der Waals surface area (Å²) in [5.74, 6) is 0.871. The second kappa shape index (κ2) is 10.3. The molecule has 1 N–H and O–H groups in total. The molecule has 11 heteroatoms. The summed E-state index contributed by atoms with van der Waals surface area (Å²) < 4.78 is 7.78. The second-order valence-electron chi connectivity index (χ2n) is 6.41. The Hall–Kier alpha value is -3.11. The first-order valence-corrected chi connectivity index (χ1v) is 10.8. The summed E-state index contributed by atoms with van der Waals surface area (Å²) in [6.45, 7) is 4.38. The number of amides is 1. The zero-order valence-corrected chi connectivity index (χ0v) is 18.4. The first kappa shape index (κ1) is 22.6. The monoisotopic (exact) mass is 461 g/mol. The maximum atomic E-state index is 12.3. The Labute approximate surface area is 187 Å². The minimum absolute atomic E-state index is 0.0215. The number of rotatable bonds is 9. The normalized spacial score (nSPS) is 11.7. The van der Waals surface area contributed by atoms with E-state index in [-0.39, 0.29) is 29.1 Å². The summed E-state index contributed by atoms with van der Waals surface area (Å²) in [7, 11) is 0. The Bertz CT molecular complexity index is 1090. The zero-order valence-electron chi connectivity index (χ0n) is 16.8. The maximum Gasteiger partial charge on any atom is 0.292 e. The van der Waals surface area contributed by atoms with Gasteiger partial charge in [0.05, 0.1) is 10.7 Å². The van der Waals surface area contributed by atoms with Crippen LogP contribution >= 0.6 is 23.4 Å². The Morgan fingerprint density at radius 2 is 2.06 bits per heavy atom. The average Bonchev–Trinajstić information content (AvgIpc) is 3.15. The van der Waals surface area contributed by atoms with Crippen molar-refractivity contribution < 1.29 is 14.5 Å². The van der Waals surface area contributed by atoms with Gasteiger partial charge in [-0.15, -0.1) is 10.2 Å². The van der Waals surface area contributed by atoms with Crippen molar-refractivity contribution in [2.45, 2.75) is 31.7 Å². The fraction of sp³-hybridized carbons (Fsp3) is 0.250. The minimum atomic E-state index is -0.538. The van der Waals surface area contributed by atoms with Gasteiger partial charge in [0.15, 0.2) is 17.1 Å². The fourth-order valence-corrected chi connectivity index (χ4v) is 3.85. The van der Waals surface area contributed by atoms with Crippen molar-refractivity contribution in [1.82, 2.24) is 14.8 Å². The Balaban J connectivity index is 1.65. The van der Waals surface area contributed by atoms with Crippen LogP contribution in [0.5, 0.6) is 5.75 Å². The molecule has 0 aliphatic heterocycles. The summed E-state index contributed by atoms with van der Waals surface area (Å²) in [5, 5.41) is 23.2. The van der Waals surface area contributed by atoms with Crippen LogP contribution in [-0.2, 0) is 11.3 Å². The number of nitrogens with one attached hydrogen (secondary N) is 1. The number of halogens is 1. The number of benzene rings is 2. The molecule has 0 saturated heterocycles. The van der Waals surface area contributed by atoms with E-state index in [4.69, 9.17) is 16.3 Å². The molecule has 1 atom stereocenters. The van der Waals surface area contributed by atoms with E-state index in [1.165, 1.54) is 23.9 Å². The molecule has 1 amide bonds. The summed E-state index contributed by atoms with van der Waals surface area (Å²) in [6.07, 6.45) is -0.388. The van der Waals surface area contributed by atoms with Crippen molar-refractivity contribution in [2.24, 2.45) is 0 Å². The Kier molecular flexibility index (Phi) is 7.48. The van der Waals surface area contributed by atoms with Gasteiger partial charge >= 0.3 is 0 Å². The standard InChI is InChI=1S/C20H20ClN5O4S/c1-3-25-19(13(2)30-15-8-6-7-14(21)11-15)23-24-20(25)31-12-18(27)22-16-9-4-5-10-17(16)26(28)29/h4-11,13H,3,12H2,1-2H3,(H,22,27). The van der Waals surface area contributed by atoms with Gasteiger partial charge in [-0.1, -0.05) is 41.6 Å². The van der Waals surface area contributed by atoms with Gasteiger partial charge in [0.25, 0.3) is 5.69 Å². The highest BCUT2D eigenvalue weighted by Gasteiger charge is 2.20. The number of nitro benzene ring substituents is 1. The Morgan fingerprint density at radius 3 is 2.77 bits per heavy atom. The third-order valence-corrected chi connectivity index (χ3v) is 5.44. The average molecular weight is 462 g/mol. The SMILES string of the molecule is CCn1c(SCC(=O)Nc2ccccc2[N+](=O)[O-])nnc1C(C)Oc1cccc(Cl)c1. The van der Waals surface area contributed by atoms with E-state index in [0.29, 0.717) is 28.3 Å². The molecule has 31 heavy (non-hydrogen) atoms. The van der Waals surface area contributed by atoms with Crippen LogP contribution in [0.25, 0.3) is 0 Å². The lowest BCUT2D eigenvalue weighted by Crippen LogP contribution is -2.16. The molecule has 0 saturated carbocycles. The van der Waals surface area contributed by atoms with Crippen LogP contribution in [0.15, 0.2) is 53.7 Å². The number of nitrogens with zero attached hydrogens (tertiary/aromatic N) is 4. The van der Waals surface area contributed by atoms with Crippen LogP contribution < -0.4 is 10.1 Å². The highest BCUT2D eigenvalue weighted by molar-refractivity contribution is 7.99. The highest BCUT2D eigenvalue weighted by Crippen LogP contribution is 2.27. The molecular formula is C20H20ClN5O4S. The van der Waals surface area contributed by atoms with E-state index in [1.54, 1.807) is 36.4 Å². The first-order chi connectivity index (χ1) is 14.9. The fourth-order valence-electron chi connectivity index (χ4n) is 2.86. The van der Waals surface area contributed by atoms with Crippen molar-refractivity contribution in [3.05, 3.63) is 69.5 Å². The van der Waals surface area contributed by atoms with Crippen molar-refractivity contribution in [3.63, 3.8) is 0 Å². The summed E-state index contributed by atoms with van der Waals surface area (Å²) in [4.78, 5) is 22.9. The van der Waals surface area contributed by atoms with Crippen molar-refractivity contribution >= 4 is 40.6 Å². The lowest BCUT2D eigenvalue weighted by molar-refractivity contribution is -0.383. The van der Waals surface area contributed by atoms with Crippen LogP contribution in [0.1, 0.15) is 25.8 Å². The van der Waals surface area contributed by atoms with E-state index in [0.717, 1.165) is 0 Å². The van der Waals surface area contributed by atoms with Crippen molar-refractivity contribution in [2.75, 3.05) is 11.1 Å². The van der Waals surface area contributed by atoms with E-state index in [9.17, 15) is 14.9 Å². The van der Waals surface area contributed by atoms with Gasteiger partial charge in [-0.3, -0.25) is 14.9 Å². The molecule has 0 bridgehead atoms. The molecular weight excluding hydrogens is 442 g/mol. The van der Waals surface area contributed by atoms with E-state index < -0.39 is 4.92 Å². The van der Waals surface area contributed by atoms with E-state index in [1.807, 2.05) is 18.4 Å². The second-order valence-corrected chi connectivity index (χ2v) is 7.79. The molecule has 162 valence electrons. The van der Waals surface area contributed by atoms with Crippen LogP contribution in [-0.4, -0.2) is 31.3 Å². The summed E-state index contributed by atoms with van der Waals surface area (Å²) >= 11 is 7.19. The molecule has 1 heterocycles. The first-order valence-electron chi connectivity index (χ1n) is 9.40. The van der Waals surface area contributed by atoms with Gasteiger partial charge in [0.1, 0.15) is 11.4 Å². The topological polar surface area (TPSA) is 112 Å². The molecule has 0 spiro atoms. The smallest absolute Gasteiger partial charge is 0.292 e. The van der Waals surface area contributed by atoms with Crippen molar-refractivity contribution in [3.8, 4) is 5.75 Å². The number of thioether (sulfide) groups is 1. The van der Waals surface area contributed by atoms with Gasteiger partial charge in [-0.25, -0.2) is 0 Å². The number of para-hydroxylation sites is 2. The Morgan fingerprint density at radius 1 is 1.29 bits per heavy atom. The predicted octanol–water partition coefficient (Wildman–Crippen LogP) is 4.73. The molecule has 0 radical (unpaired) electrons. The molecule has 1 unspecified atom stereocenters. The van der Waals surface area contributed by atoms with E-state index in [2.05, 4.69) is 15.5 Å². The number of ether oxygens (including phenoxy) is 1. The molecule has 3 aromatic rings. The molecule has 0 aliphatic carbocycles. The van der Waals surface area contributed by atoms with E-state index >= 15 is 0 Å². The highest BCUT2D eigenvalue weighted by atomic mass is 35.5. The largest absolute Gasteiger partial charge is 0.483 e. The molecule has 3 rings (SSSR count). The number of hydrogen-bond donors (Lipinski definition) is 1. The van der Waals surface area contributed by atoms with Crippen LogP contribution in [0.3, 0.4) is 0 Å². The van der Waals surface area contributed by atoms with Gasteiger partial charge in [0, 0.05) is 17.6 Å². The molecule has 2 aromatic carbocycles. The molecule has 0 fully saturated rings. The number of nitro groups is 1. The van der Waals surface area contributed by atoms with Crippen LogP contribution in [0.4, 0.5) is 11.4 Å². The molecule has 0 aliphatic rings. The van der Waals surface area contributed by atoms with Gasteiger partial charge < -0.3 is 14.6 Å². The number of anilines is 1. The van der Waals surface area contributed by atoms with Crippen LogP contribution in [0.2, 0.25) is 5.02 Å². The number of hydrogen-bond acceptors (Lipinski definition) is 7. The van der Waals surface area contributed by atoms with Gasteiger partial charge in [-0.2, -0.15) is 0 Å². The lowest BCUT2D eigenvalue weighted by atomic mass is 10.2. The maximum absolute atomic E-state index is 12.3. The third kappa shape index (κ3) is 5.74. The van der Waals surface area contributed by atoms with Gasteiger partial charge in [-0.05, 0) is 38.1 Å². The predicted molar refractivity (Wildman–Crippen MR) is 119 cm³/mol. The summed E-state index contributed by atoms with van der Waals surface area (Å²) in [5.41, 5.74) is -0.00820. The lowest BCUT2D eigenvalue weighted by Gasteiger charge is -2.15. The third-order valence-electron chi connectivity index (χ3n) is 4.24. The van der Waals surface area contributed by atoms with Crippen LogP contribution in [0, 0.1) is 10.1 Å². The zero-order chi connectivity index (χ0) is 22.4. The molecule has 1 aromatic heterocycles. The quantitative estimate of drug-likeness (QED) is 0.278. The number of carbonyl (C=O) groups is 1. The number of aromatic nitrogens is 3.